The normalized spacial score (nSPS) is 22.7. The number of fused-ring (bicyclic) bond motifs is 1. The minimum atomic E-state index is 0.187. The van der Waals surface area contributed by atoms with Gasteiger partial charge in [-0.3, -0.25) is 4.99 Å². The molecule has 0 amide bonds. The lowest BCUT2D eigenvalue weighted by Gasteiger charge is -2.44. The summed E-state index contributed by atoms with van der Waals surface area (Å²) in [7, 11) is 0. The SMILES string of the molecule is c1ccc2cc(C3(c4csc(=NC5CCCC5)n4C4CCCC4)CCC3)ccc2c1. The third-order valence-electron chi connectivity index (χ3n) is 8.05. The molecular formula is C27H32N2S. The van der Waals surface area contributed by atoms with E-state index in [0.29, 0.717) is 12.1 Å². The average molecular weight is 417 g/mol. The zero-order valence-corrected chi connectivity index (χ0v) is 18.7. The second kappa shape index (κ2) is 7.67. The van der Waals surface area contributed by atoms with Gasteiger partial charge in [0, 0.05) is 22.5 Å². The summed E-state index contributed by atoms with van der Waals surface area (Å²) in [6.45, 7) is 0. The fraction of sp³-hybridized carbons (Fsp3) is 0.519. The van der Waals surface area contributed by atoms with E-state index in [0.717, 1.165) is 0 Å². The van der Waals surface area contributed by atoms with Crippen LogP contribution in [0.4, 0.5) is 0 Å². The van der Waals surface area contributed by atoms with Crippen LogP contribution < -0.4 is 4.80 Å². The molecule has 6 rings (SSSR count). The summed E-state index contributed by atoms with van der Waals surface area (Å²) in [4.78, 5) is 6.64. The number of rotatable bonds is 4. The van der Waals surface area contributed by atoms with Crippen molar-refractivity contribution in [1.82, 2.24) is 4.57 Å². The quantitative estimate of drug-likeness (QED) is 0.430. The molecule has 3 fully saturated rings. The van der Waals surface area contributed by atoms with Crippen LogP contribution in [0.1, 0.15) is 87.9 Å². The van der Waals surface area contributed by atoms with Crippen molar-refractivity contribution in [2.45, 2.75) is 88.1 Å². The minimum Gasteiger partial charge on any atom is -0.317 e. The minimum absolute atomic E-state index is 0.187. The van der Waals surface area contributed by atoms with Crippen LogP contribution in [0.15, 0.2) is 52.8 Å². The Hall–Kier alpha value is -1.87. The van der Waals surface area contributed by atoms with Crippen molar-refractivity contribution in [3.05, 3.63) is 63.9 Å². The highest BCUT2D eigenvalue weighted by Crippen LogP contribution is 2.50. The number of benzene rings is 2. The van der Waals surface area contributed by atoms with Crippen LogP contribution in [0.3, 0.4) is 0 Å². The second-order valence-corrected chi connectivity index (χ2v) is 10.6. The van der Waals surface area contributed by atoms with Crippen molar-refractivity contribution >= 4 is 22.1 Å². The summed E-state index contributed by atoms with van der Waals surface area (Å²) < 4.78 is 2.73. The first-order valence-corrected chi connectivity index (χ1v) is 13.0. The monoisotopic (exact) mass is 416 g/mol. The molecule has 0 unspecified atom stereocenters. The lowest BCUT2D eigenvalue weighted by atomic mass is 9.62. The molecule has 0 N–H and O–H groups in total. The first-order valence-electron chi connectivity index (χ1n) is 12.1. The Morgan fingerprint density at radius 1 is 0.833 bits per heavy atom. The maximum absolute atomic E-state index is 5.32. The molecule has 0 aliphatic heterocycles. The van der Waals surface area contributed by atoms with Gasteiger partial charge in [0.25, 0.3) is 0 Å². The number of aromatic nitrogens is 1. The van der Waals surface area contributed by atoms with Crippen LogP contribution in [0.2, 0.25) is 0 Å². The van der Waals surface area contributed by atoms with E-state index in [9.17, 15) is 0 Å². The largest absolute Gasteiger partial charge is 0.317 e. The first-order chi connectivity index (χ1) is 14.8. The molecule has 3 aliphatic carbocycles. The Morgan fingerprint density at radius 3 is 2.30 bits per heavy atom. The lowest BCUT2D eigenvalue weighted by molar-refractivity contribution is 0.274. The highest BCUT2D eigenvalue weighted by Gasteiger charge is 2.44. The standard InChI is InChI=1S/C27H32N2S/c1-2-9-21-18-22(15-14-20(21)8-1)27(16-7-17-27)25-19-30-26(28-23-10-3-4-11-23)29(25)24-12-5-6-13-24/h1-2,8-9,14-15,18-19,23-24H,3-7,10-13,16-17H2. The molecule has 0 spiro atoms. The second-order valence-electron chi connectivity index (χ2n) is 9.78. The Labute approximate surface area is 183 Å². The Morgan fingerprint density at radius 2 is 1.57 bits per heavy atom. The number of hydrogen-bond acceptors (Lipinski definition) is 2. The molecule has 0 saturated heterocycles. The van der Waals surface area contributed by atoms with E-state index in [-0.39, 0.29) is 5.41 Å². The number of nitrogens with zero attached hydrogens (tertiary/aromatic N) is 2. The molecule has 1 aromatic heterocycles. The molecule has 3 aliphatic rings. The van der Waals surface area contributed by atoms with Gasteiger partial charge in [-0.15, -0.1) is 11.3 Å². The van der Waals surface area contributed by atoms with Gasteiger partial charge in [-0.1, -0.05) is 74.6 Å². The van der Waals surface area contributed by atoms with Crippen LogP contribution >= 0.6 is 11.3 Å². The summed E-state index contributed by atoms with van der Waals surface area (Å²) >= 11 is 1.92. The molecule has 0 atom stereocenters. The van der Waals surface area contributed by atoms with Crippen LogP contribution in [-0.4, -0.2) is 10.6 Å². The Balaban J connectivity index is 1.50. The topological polar surface area (TPSA) is 17.3 Å². The molecule has 3 saturated carbocycles. The summed E-state index contributed by atoms with van der Waals surface area (Å²) in [5.41, 5.74) is 3.27. The van der Waals surface area contributed by atoms with Gasteiger partial charge in [-0.2, -0.15) is 0 Å². The third kappa shape index (κ3) is 3.09. The van der Waals surface area contributed by atoms with E-state index < -0.39 is 0 Å². The fourth-order valence-corrected chi connectivity index (χ4v) is 7.30. The van der Waals surface area contributed by atoms with Crippen LogP contribution in [0, 0.1) is 0 Å². The zero-order valence-electron chi connectivity index (χ0n) is 17.9. The average Bonchev–Trinajstić information content (AvgIpc) is 3.50. The molecule has 2 nitrogen and oxygen atoms in total. The zero-order chi connectivity index (χ0) is 20.0. The van der Waals surface area contributed by atoms with Gasteiger partial charge in [-0.05, 0) is 54.9 Å². The Kier molecular flexibility index (Phi) is 4.83. The summed E-state index contributed by atoms with van der Waals surface area (Å²) in [6, 6.07) is 17.2. The van der Waals surface area contributed by atoms with Gasteiger partial charge >= 0.3 is 0 Å². The van der Waals surface area contributed by atoms with Gasteiger partial charge < -0.3 is 4.57 Å². The van der Waals surface area contributed by atoms with E-state index in [1.807, 2.05) is 11.3 Å². The fourth-order valence-electron chi connectivity index (χ4n) is 6.18. The number of thiazole rings is 1. The smallest absolute Gasteiger partial charge is 0.185 e. The van der Waals surface area contributed by atoms with Gasteiger partial charge in [0.05, 0.1) is 6.04 Å². The van der Waals surface area contributed by atoms with Crippen LogP contribution in [0.5, 0.6) is 0 Å². The van der Waals surface area contributed by atoms with Crippen molar-refractivity contribution in [3.8, 4) is 0 Å². The van der Waals surface area contributed by atoms with Crippen molar-refractivity contribution in [2.75, 3.05) is 0 Å². The van der Waals surface area contributed by atoms with E-state index >= 15 is 0 Å². The molecule has 1 heterocycles. The molecule has 0 bridgehead atoms. The van der Waals surface area contributed by atoms with E-state index in [1.54, 1.807) is 5.69 Å². The predicted octanol–water partition coefficient (Wildman–Crippen LogP) is 7.13. The lowest BCUT2D eigenvalue weighted by Crippen LogP contribution is -2.40. The van der Waals surface area contributed by atoms with Crippen molar-refractivity contribution < 1.29 is 0 Å². The van der Waals surface area contributed by atoms with Crippen molar-refractivity contribution in [1.29, 1.82) is 0 Å². The van der Waals surface area contributed by atoms with Crippen LogP contribution in [0.25, 0.3) is 10.8 Å². The van der Waals surface area contributed by atoms with Gasteiger partial charge in [0.15, 0.2) is 4.80 Å². The predicted molar refractivity (Wildman–Crippen MR) is 126 cm³/mol. The van der Waals surface area contributed by atoms with Gasteiger partial charge in [0.1, 0.15) is 0 Å². The van der Waals surface area contributed by atoms with Gasteiger partial charge in [0.2, 0.25) is 0 Å². The van der Waals surface area contributed by atoms with Crippen LogP contribution in [-0.2, 0) is 5.41 Å². The van der Waals surface area contributed by atoms with Gasteiger partial charge in [-0.25, -0.2) is 0 Å². The molecular weight excluding hydrogens is 384 g/mol. The maximum Gasteiger partial charge on any atom is 0.185 e. The third-order valence-corrected chi connectivity index (χ3v) is 8.90. The Bertz CT molecular complexity index is 1110. The van der Waals surface area contributed by atoms with Crippen molar-refractivity contribution in [3.63, 3.8) is 0 Å². The molecule has 3 heteroatoms. The number of hydrogen-bond donors (Lipinski definition) is 0. The highest BCUT2D eigenvalue weighted by atomic mass is 32.1. The highest BCUT2D eigenvalue weighted by molar-refractivity contribution is 7.07. The first kappa shape index (κ1) is 18.9. The maximum atomic E-state index is 5.32. The van der Waals surface area contributed by atoms with E-state index in [4.69, 9.17) is 4.99 Å². The summed E-state index contributed by atoms with van der Waals surface area (Å²) in [5.74, 6) is 0. The van der Waals surface area contributed by atoms with Crippen molar-refractivity contribution in [2.24, 2.45) is 4.99 Å². The summed E-state index contributed by atoms with van der Waals surface area (Å²) in [6.07, 6.45) is 14.6. The molecule has 0 radical (unpaired) electrons. The molecule has 2 aromatic carbocycles. The molecule has 30 heavy (non-hydrogen) atoms. The summed E-state index contributed by atoms with van der Waals surface area (Å²) in [5, 5.41) is 5.21. The molecule has 3 aromatic rings. The van der Waals surface area contributed by atoms with E-state index in [1.165, 1.54) is 91.8 Å². The van der Waals surface area contributed by atoms with E-state index in [2.05, 4.69) is 52.4 Å². The molecule has 156 valence electrons.